The van der Waals surface area contributed by atoms with Crippen LogP contribution in [0.5, 0.6) is 0 Å². The fourth-order valence-electron chi connectivity index (χ4n) is 7.97. The van der Waals surface area contributed by atoms with Crippen molar-refractivity contribution in [3.63, 3.8) is 0 Å². The molecule has 0 aromatic heterocycles. The van der Waals surface area contributed by atoms with E-state index in [-0.39, 0.29) is 12.5 Å². The smallest absolute Gasteiger partial charge is 0.220 e. The maximum atomic E-state index is 12.4. The topological polar surface area (TPSA) is 69.6 Å². The van der Waals surface area contributed by atoms with Gasteiger partial charge in [-0.1, -0.05) is 249 Å². The average Bonchev–Trinajstić information content (AvgIpc) is 3.24. The molecular formula is C55H103NO3. The number of hydrogen-bond acceptors (Lipinski definition) is 3. The third-order valence-corrected chi connectivity index (χ3v) is 12.0. The minimum atomic E-state index is -0.868. The summed E-state index contributed by atoms with van der Waals surface area (Å²) < 4.78 is 0. The van der Waals surface area contributed by atoms with Gasteiger partial charge in [-0.25, -0.2) is 0 Å². The summed E-state index contributed by atoms with van der Waals surface area (Å²) in [6.07, 6.45) is 69.8. The van der Waals surface area contributed by atoms with Gasteiger partial charge in [0.05, 0.1) is 18.8 Å². The molecule has 0 saturated carbocycles. The summed E-state index contributed by atoms with van der Waals surface area (Å²) in [5.74, 6) is -0.0754. The summed E-state index contributed by atoms with van der Waals surface area (Å²) in [6.45, 7) is 4.28. The molecule has 4 nitrogen and oxygen atoms in total. The zero-order valence-electron chi connectivity index (χ0n) is 39.8. The van der Waals surface area contributed by atoms with Crippen LogP contribution < -0.4 is 5.32 Å². The molecule has 0 spiro atoms. The first-order valence-electron chi connectivity index (χ1n) is 26.4. The molecule has 0 aromatic carbocycles. The molecule has 0 saturated heterocycles. The predicted molar refractivity (Wildman–Crippen MR) is 262 cm³/mol. The molecule has 346 valence electrons. The molecule has 2 atom stereocenters. The number of aliphatic hydroxyl groups excluding tert-OH is 2. The second kappa shape index (κ2) is 50.7. The van der Waals surface area contributed by atoms with Crippen molar-refractivity contribution in [2.24, 2.45) is 0 Å². The van der Waals surface area contributed by atoms with E-state index in [1.165, 1.54) is 218 Å². The Morgan fingerprint density at radius 3 is 1.00 bits per heavy atom. The lowest BCUT2D eigenvalue weighted by Crippen LogP contribution is -2.45. The van der Waals surface area contributed by atoms with Crippen LogP contribution in [0, 0.1) is 0 Å². The van der Waals surface area contributed by atoms with Crippen molar-refractivity contribution in [2.45, 2.75) is 289 Å². The lowest BCUT2D eigenvalue weighted by atomic mass is 10.0. The molecule has 0 aromatic rings. The number of carbonyl (C=O) groups excluding carboxylic acids is 1. The van der Waals surface area contributed by atoms with E-state index < -0.39 is 12.1 Å². The lowest BCUT2D eigenvalue weighted by Gasteiger charge is -2.19. The highest BCUT2D eigenvalue weighted by molar-refractivity contribution is 5.76. The maximum absolute atomic E-state index is 12.4. The van der Waals surface area contributed by atoms with Gasteiger partial charge in [0.1, 0.15) is 0 Å². The molecule has 0 rings (SSSR count). The second-order valence-corrected chi connectivity index (χ2v) is 17.9. The van der Waals surface area contributed by atoms with Crippen LogP contribution in [-0.4, -0.2) is 34.9 Å². The van der Waals surface area contributed by atoms with E-state index in [4.69, 9.17) is 0 Å². The fraction of sp³-hybridized carbons (Fsp3) is 0.836. The number of rotatable bonds is 48. The zero-order chi connectivity index (χ0) is 42.8. The van der Waals surface area contributed by atoms with E-state index in [0.717, 1.165) is 38.5 Å². The average molecular weight is 826 g/mol. The van der Waals surface area contributed by atoms with E-state index in [2.05, 4.69) is 55.6 Å². The summed E-state index contributed by atoms with van der Waals surface area (Å²) in [6, 6.07) is -0.644. The van der Waals surface area contributed by atoms with E-state index in [0.29, 0.717) is 6.42 Å². The first-order valence-corrected chi connectivity index (χ1v) is 26.4. The Hall–Kier alpha value is -1.65. The molecule has 0 radical (unpaired) electrons. The van der Waals surface area contributed by atoms with Crippen LogP contribution in [-0.2, 0) is 4.79 Å². The Morgan fingerprint density at radius 1 is 0.390 bits per heavy atom. The molecule has 3 N–H and O–H groups in total. The first kappa shape index (κ1) is 57.3. The van der Waals surface area contributed by atoms with Gasteiger partial charge in [-0.3, -0.25) is 4.79 Å². The highest BCUT2D eigenvalue weighted by Gasteiger charge is 2.17. The van der Waals surface area contributed by atoms with Crippen LogP contribution in [0.2, 0.25) is 0 Å². The van der Waals surface area contributed by atoms with Crippen LogP contribution in [0.3, 0.4) is 0 Å². The molecule has 59 heavy (non-hydrogen) atoms. The summed E-state index contributed by atoms with van der Waals surface area (Å²) in [4.78, 5) is 12.4. The quantitative estimate of drug-likeness (QED) is 0.0423. The van der Waals surface area contributed by atoms with Crippen molar-refractivity contribution in [2.75, 3.05) is 6.61 Å². The molecule has 1 amide bonds. The Morgan fingerprint density at radius 2 is 0.661 bits per heavy atom. The van der Waals surface area contributed by atoms with Crippen LogP contribution in [0.4, 0.5) is 0 Å². The van der Waals surface area contributed by atoms with Crippen molar-refractivity contribution in [1.82, 2.24) is 5.32 Å². The molecule has 4 heteroatoms. The first-order chi connectivity index (χ1) is 29.2. The molecule has 2 unspecified atom stereocenters. The Bertz CT molecular complexity index is 939. The van der Waals surface area contributed by atoms with Crippen LogP contribution in [0.1, 0.15) is 277 Å². The van der Waals surface area contributed by atoms with Gasteiger partial charge < -0.3 is 15.5 Å². The van der Waals surface area contributed by atoms with Gasteiger partial charge in [0.2, 0.25) is 5.91 Å². The zero-order valence-corrected chi connectivity index (χ0v) is 39.8. The number of allylic oxidation sites excluding steroid dienone is 7. The minimum Gasteiger partial charge on any atom is -0.394 e. The van der Waals surface area contributed by atoms with E-state index in [1.54, 1.807) is 6.08 Å². The molecule has 0 aliphatic heterocycles. The number of carbonyl (C=O) groups is 1. The van der Waals surface area contributed by atoms with Crippen LogP contribution >= 0.6 is 0 Å². The molecule has 0 bridgehead atoms. The maximum Gasteiger partial charge on any atom is 0.220 e. The van der Waals surface area contributed by atoms with Gasteiger partial charge >= 0.3 is 0 Å². The molecular weight excluding hydrogens is 723 g/mol. The molecule has 0 heterocycles. The largest absolute Gasteiger partial charge is 0.394 e. The summed E-state index contributed by atoms with van der Waals surface area (Å²) >= 11 is 0. The molecule has 0 fully saturated rings. The number of unbranched alkanes of at least 4 members (excludes halogenated alkanes) is 35. The summed E-state index contributed by atoms with van der Waals surface area (Å²) in [5.41, 5.74) is 0. The second-order valence-electron chi connectivity index (χ2n) is 17.9. The highest BCUT2D eigenvalue weighted by Crippen LogP contribution is 2.16. The SMILES string of the molecule is CCCCCC/C=C/CC/C=C/CC/C=C/C(O)C(CO)NC(=O)CCCCCCCCCCCCCCCCCCCCCCC/C=C\CCCCCCCCCC. The third-order valence-electron chi connectivity index (χ3n) is 12.0. The summed E-state index contributed by atoms with van der Waals surface area (Å²) in [5, 5.41) is 23.0. The van der Waals surface area contributed by atoms with E-state index in [9.17, 15) is 15.0 Å². The lowest BCUT2D eigenvalue weighted by molar-refractivity contribution is -0.123. The molecule has 0 aliphatic rings. The normalized spacial score (nSPS) is 13.2. The number of aliphatic hydroxyl groups is 2. The van der Waals surface area contributed by atoms with Crippen molar-refractivity contribution in [3.05, 3.63) is 48.6 Å². The van der Waals surface area contributed by atoms with Crippen molar-refractivity contribution in [3.8, 4) is 0 Å². The monoisotopic (exact) mass is 826 g/mol. The Labute approximate surface area is 369 Å². The van der Waals surface area contributed by atoms with Gasteiger partial charge in [-0.2, -0.15) is 0 Å². The fourth-order valence-corrected chi connectivity index (χ4v) is 7.97. The Kier molecular flexibility index (Phi) is 49.3. The molecule has 0 aliphatic carbocycles. The minimum absolute atomic E-state index is 0.0754. The summed E-state index contributed by atoms with van der Waals surface area (Å²) in [7, 11) is 0. The van der Waals surface area contributed by atoms with Crippen molar-refractivity contribution >= 4 is 5.91 Å². The van der Waals surface area contributed by atoms with E-state index in [1.807, 2.05) is 6.08 Å². The standard InChI is InChI=1S/C55H103NO3/c1-3-5-7-9-11-13-15-17-19-20-21-22-23-24-25-26-27-28-29-30-31-32-33-34-35-36-37-39-41-43-45-47-49-51-55(59)56-53(52-57)54(58)50-48-46-44-42-40-38-18-16-14-12-10-8-6-4-2/h14,16,20-21,40,42,48,50,53-54,57-58H,3-13,15,17-19,22-39,41,43-47,49,51-52H2,1-2H3,(H,56,59)/b16-14+,21-20-,42-40+,50-48+. The van der Waals surface area contributed by atoms with Gasteiger partial charge in [0, 0.05) is 6.42 Å². The predicted octanol–water partition coefficient (Wildman–Crippen LogP) is 17.1. The van der Waals surface area contributed by atoms with Crippen LogP contribution in [0.25, 0.3) is 0 Å². The van der Waals surface area contributed by atoms with Gasteiger partial charge in [0.15, 0.2) is 0 Å². The number of nitrogens with one attached hydrogen (secondary N) is 1. The van der Waals surface area contributed by atoms with Gasteiger partial charge in [0.25, 0.3) is 0 Å². The Balaban J connectivity index is 3.45. The van der Waals surface area contributed by atoms with E-state index >= 15 is 0 Å². The highest BCUT2D eigenvalue weighted by atomic mass is 16.3. The number of hydrogen-bond donors (Lipinski definition) is 3. The van der Waals surface area contributed by atoms with Gasteiger partial charge in [-0.05, 0) is 70.6 Å². The van der Waals surface area contributed by atoms with Gasteiger partial charge in [-0.15, -0.1) is 0 Å². The third kappa shape index (κ3) is 47.3. The van der Waals surface area contributed by atoms with Crippen LogP contribution in [0.15, 0.2) is 48.6 Å². The number of amides is 1. The van der Waals surface area contributed by atoms with Crippen molar-refractivity contribution in [1.29, 1.82) is 0 Å². The van der Waals surface area contributed by atoms with Crippen molar-refractivity contribution < 1.29 is 15.0 Å².